The van der Waals surface area contributed by atoms with Crippen LogP contribution in [0, 0.1) is 28.6 Å². The monoisotopic (exact) mass is 372 g/mol. The lowest BCUT2D eigenvalue weighted by atomic mass is 9.46. The number of ether oxygens (including phenoxy) is 1. The van der Waals surface area contributed by atoms with Crippen LogP contribution in [-0.4, -0.2) is 29.1 Å². The van der Waals surface area contributed by atoms with Crippen LogP contribution in [0.25, 0.3) is 0 Å². The molecule has 4 rings (SSSR count). The molecular weight excluding hydrogens is 340 g/mol. The topological polar surface area (TPSA) is 63.6 Å². The number of aliphatic hydroxyl groups is 1. The Bertz CT molecular complexity index is 735. The Morgan fingerprint density at radius 2 is 1.89 bits per heavy atom. The third-order valence-electron chi connectivity index (χ3n) is 8.41. The Hall–Kier alpha value is -1.42. The first-order valence-electron chi connectivity index (χ1n) is 10.4. The highest BCUT2D eigenvalue weighted by atomic mass is 16.5. The molecule has 2 saturated carbocycles. The highest BCUT2D eigenvalue weighted by Gasteiger charge is 2.60. The van der Waals surface area contributed by atoms with E-state index >= 15 is 0 Å². The molecule has 0 aromatic rings. The van der Waals surface area contributed by atoms with E-state index in [2.05, 4.69) is 26.0 Å². The lowest BCUT2D eigenvalue weighted by Crippen LogP contribution is -2.56. The van der Waals surface area contributed by atoms with Gasteiger partial charge < -0.3 is 9.84 Å². The molecule has 2 fully saturated rings. The maximum atomic E-state index is 12.2. The van der Waals surface area contributed by atoms with Gasteiger partial charge in [-0.1, -0.05) is 31.6 Å². The van der Waals surface area contributed by atoms with Crippen molar-refractivity contribution in [1.82, 2.24) is 0 Å². The molecule has 0 heterocycles. The van der Waals surface area contributed by atoms with Crippen LogP contribution in [0.1, 0.15) is 66.2 Å². The zero-order chi connectivity index (χ0) is 19.6. The van der Waals surface area contributed by atoms with E-state index in [1.165, 1.54) is 12.5 Å². The number of Topliss-reactive ketones (excluding diaryl/α,β-unsaturated/α-hetero) is 1. The van der Waals surface area contributed by atoms with Crippen molar-refractivity contribution in [3.63, 3.8) is 0 Å². The molecular formula is C23H32O4. The number of ketones is 1. The molecule has 0 spiro atoms. The molecule has 1 N–H and O–H groups in total. The van der Waals surface area contributed by atoms with Crippen LogP contribution in [0.4, 0.5) is 0 Å². The first-order valence-corrected chi connectivity index (χ1v) is 10.4. The summed E-state index contributed by atoms with van der Waals surface area (Å²) in [6.07, 6.45) is 9.07. The van der Waals surface area contributed by atoms with Gasteiger partial charge in [-0.05, 0) is 67.8 Å². The Morgan fingerprint density at radius 1 is 1.15 bits per heavy atom. The lowest BCUT2D eigenvalue weighted by Gasteiger charge is -2.59. The van der Waals surface area contributed by atoms with Gasteiger partial charge in [0.1, 0.15) is 6.10 Å². The molecule has 4 aliphatic rings. The Labute approximate surface area is 162 Å². The highest BCUT2D eigenvalue weighted by molar-refractivity contribution is 5.95. The average Bonchev–Trinajstić information content (AvgIpc) is 2.93. The lowest BCUT2D eigenvalue weighted by molar-refractivity contribution is -0.165. The van der Waals surface area contributed by atoms with Gasteiger partial charge in [-0.2, -0.15) is 0 Å². The van der Waals surface area contributed by atoms with Crippen LogP contribution < -0.4 is 0 Å². The summed E-state index contributed by atoms with van der Waals surface area (Å²) in [6.45, 7) is 7.70. The first-order chi connectivity index (χ1) is 12.7. The summed E-state index contributed by atoms with van der Waals surface area (Å²) in [7, 11) is 0. The zero-order valence-electron chi connectivity index (χ0n) is 17.0. The molecule has 7 atom stereocenters. The second kappa shape index (κ2) is 6.30. The fourth-order valence-electron chi connectivity index (χ4n) is 7.16. The first kappa shape index (κ1) is 18.9. The van der Waals surface area contributed by atoms with Crippen molar-refractivity contribution in [2.24, 2.45) is 28.6 Å². The van der Waals surface area contributed by atoms with E-state index < -0.39 is 6.10 Å². The van der Waals surface area contributed by atoms with Crippen LogP contribution in [0.3, 0.4) is 0 Å². The molecule has 4 nitrogen and oxygen atoms in total. The number of rotatable bonds is 2. The number of aliphatic hydroxyl groups excluding tert-OH is 1. The molecule has 4 aliphatic carbocycles. The SMILES string of the molecule is CC(=O)OC1C[C@@H](O)CC2=CCC3C(CC[C@]4(C)C(C(C)=O)=CCC34)[C@]21C. The predicted octanol–water partition coefficient (Wildman–Crippen LogP) is 3.98. The number of carbonyl (C=O) groups is 2. The third-order valence-corrected chi connectivity index (χ3v) is 8.41. The molecule has 0 aromatic heterocycles. The van der Waals surface area contributed by atoms with Crippen LogP contribution in [0.2, 0.25) is 0 Å². The molecule has 0 bridgehead atoms. The standard InChI is InChI=1S/C23H32O4/c1-13(24)18-7-8-19-17-6-5-15-11-16(26)12-21(27-14(2)25)23(15,4)20(17)9-10-22(18,19)3/h5,7,16-17,19-21,26H,6,8-12H2,1-4H3/t16-,17?,19?,20?,21?,22+,23-/m0/s1. The number of carbonyl (C=O) groups excluding carboxylic acids is 2. The van der Waals surface area contributed by atoms with Gasteiger partial charge in [-0.3, -0.25) is 9.59 Å². The summed E-state index contributed by atoms with van der Waals surface area (Å²) in [5.74, 6) is 1.37. The second-order valence-electron chi connectivity index (χ2n) is 9.68. The molecule has 4 unspecified atom stereocenters. The number of hydrogen-bond acceptors (Lipinski definition) is 4. The van der Waals surface area contributed by atoms with E-state index in [-0.39, 0.29) is 28.7 Å². The van der Waals surface area contributed by atoms with Crippen LogP contribution in [0.15, 0.2) is 23.3 Å². The predicted molar refractivity (Wildman–Crippen MR) is 103 cm³/mol. The van der Waals surface area contributed by atoms with Gasteiger partial charge in [0.25, 0.3) is 0 Å². The zero-order valence-corrected chi connectivity index (χ0v) is 17.0. The highest BCUT2D eigenvalue weighted by Crippen LogP contribution is 2.65. The summed E-state index contributed by atoms with van der Waals surface area (Å²) < 4.78 is 5.77. The van der Waals surface area contributed by atoms with Gasteiger partial charge >= 0.3 is 5.97 Å². The molecule has 0 saturated heterocycles. The van der Waals surface area contributed by atoms with Crippen LogP contribution in [0.5, 0.6) is 0 Å². The van der Waals surface area contributed by atoms with Gasteiger partial charge in [0.05, 0.1) is 6.10 Å². The van der Waals surface area contributed by atoms with Crippen molar-refractivity contribution in [3.8, 4) is 0 Å². The summed E-state index contributed by atoms with van der Waals surface area (Å²) >= 11 is 0. The van der Waals surface area contributed by atoms with E-state index in [4.69, 9.17) is 4.74 Å². The maximum absolute atomic E-state index is 12.2. The molecule has 148 valence electrons. The molecule has 0 amide bonds. The molecule has 0 radical (unpaired) electrons. The number of fused-ring (bicyclic) bond motifs is 5. The summed E-state index contributed by atoms with van der Waals surface area (Å²) in [4.78, 5) is 24.0. The van der Waals surface area contributed by atoms with E-state index in [0.29, 0.717) is 30.6 Å². The van der Waals surface area contributed by atoms with E-state index in [9.17, 15) is 14.7 Å². The molecule has 27 heavy (non-hydrogen) atoms. The molecule has 0 aliphatic heterocycles. The minimum Gasteiger partial charge on any atom is -0.462 e. The Balaban J connectivity index is 1.70. The van der Waals surface area contributed by atoms with Crippen molar-refractivity contribution in [2.75, 3.05) is 0 Å². The van der Waals surface area contributed by atoms with Crippen molar-refractivity contribution in [2.45, 2.75) is 78.4 Å². The van der Waals surface area contributed by atoms with Gasteiger partial charge in [-0.15, -0.1) is 0 Å². The maximum Gasteiger partial charge on any atom is 0.302 e. The average molecular weight is 373 g/mol. The largest absolute Gasteiger partial charge is 0.462 e. The number of hydrogen-bond donors (Lipinski definition) is 1. The van der Waals surface area contributed by atoms with Crippen molar-refractivity contribution >= 4 is 11.8 Å². The van der Waals surface area contributed by atoms with E-state index in [1.807, 2.05) is 0 Å². The quantitative estimate of drug-likeness (QED) is 0.588. The molecule has 4 heteroatoms. The Morgan fingerprint density at radius 3 is 2.56 bits per heavy atom. The van der Waals surface area contributed by atoms with Gasteiger partial charge in [0, 0.05) is 18.8 Å². The van der Waals surface area contributed by atoms with Crippen molar-refractivity contribution in [3.05, 3.63) is 23.3 Å². The van der Waals surface area contributed by atoms with Crippen molar-refractivity contribution in [1.29, 1.82) is 0 Å². The molecule has 0 aromatic carbocycles. The van der Waals surface area contributed by atoms with E-state index in [0.717, 1.165) is 31.3 Å². The van der Waals surface area contributed by atoms with Gasteiger partial charge in [0.15, 0.2) is 5.78 Å². The van der Waals surface area contributed by atoms with Crippen molar-refractivity contribution < 1.29 is 19.4 Å². The summed E-state index contributed by atoms with van der Waals surface area (Å²) in [6, 6.07) is 0. The number of esters is 1. The van der Waals surface area contributed by atoms with Gasteiger partial charge in [-0.25, -0.2) is 0 Å². The normalized spacial score (nSPS) is 45.7. The van der Waals surface area contributed by atoms with Crippen LogP contribution >= 0.6 is 0 Å². The van der Waals surface area contributed by atoms with E-state index in [1.54, 1.807) is 6.92 Å². The van der Waals surface area contributed by atoms with Gasteiger partial charge in [0.2, 0.25) is 0 Å². The second-order valence-corrected chi connectivity index (χ2v) is 9.68. The van der Waals surface area contributed by atoms with Crippen LogP contribution in [-0.2, 0) is 14.3 Å². The minimum absolute atomic E-state index is 0.0141. The minimum atomic E-state index is -0.434. The fourth-order valence-corrected chi connectivity index (χ4v) is 7.16. The third kappa shape index (κ3) is 2.66. The Kier molecular flexibility index (Phi) is 4.41. The number of allylic oxidation sites excluding steroid dienone is 3. The fraction of sp³-hybridized carbons (Fsp3) is 0.739. The summed E-state index contributed by atoms with van der Waals surface area (Å²) in [5, 5.41) is 10.4. The smallest absolute Gasteiger partial charge is 0.302 e. The summed E-state index contributed by atoms with van der Waals surface area (Å²) in [5.41, 5.74) is 2.09.